The van der Waals surface area contributed by atoms with E-state index in [2.05, 4.69) is 54.0 Å². The van der Waals surface area contributed by atoms with Crippen molar-refractivity contribution in [2.24, 2.45) is 0 Å². The Balaban J connectivity index is 1.55. The van der Waals surface area contributed by atoms with Gasteiger partial charge in [0.15, 0.2) is 5.82 Å². The lowest BCUT2D eigenvalue weighted by molar-refractivity contribution is 0.289. The number of H-pyrrole nitrogens is 1. The highest BCUT2D eigenvalue weighted by Crippen LogP contribution is 2.30. The van der Waals surface area contributed by atoms with E-state index in [1.807, 2.05) is 18.2 Å². The summed E-state index contributed by atoms with van der Waals surface area (Å²) >= 11 is 6.31. The number of sulfonamides is 1. The van der Waals surface area contributed by atoms with Crippen LogP contribution in [-0.4, -0.2) is 52.6 Å². The lowest BCUT2D eigenvalue weighted by Crippen LogP contribution is -2.22. The first kappa shape index (κ1) is 24.7. The number of halogens is 1. The van der Waals surface area contributed by atoms with Crippen LogP contribution in [0.5, 0.6) is 0 Å². The second-order valence-electron chi connectivity index (χ2n) is 7.94. The number of para-hydroxylation sites is 2. The van der Waals surface area contributed by atoms with Crippen LogP contribution in [0.1, 0.15) is 19.7 Å². The van der Waals surface area contributed by atoms with Crippen molar-refractivity contribution in [1.82, 2.24) is 24.8 Å². The van der Waals surface area contributed by atoms with Gasteiger partial charge in [-0.2, -0.15) is 4.98 Å². The molecule has 0 radical (unpaired) electrons. The van der Waals surface area contributed by atoms with Crippen LogP contribution in [0.2, 0.25) is 5.02 Å². The van der Waals surface area contributed by atoms with Crippen LogP contribution in [0.4, 0.5) is 28.8 Å². The van der Waals surface area contributed by atoms with Gasteiger partial charge in [0.25, 0.3) is 0 Å². The van der Waals surface area contributed by atoms with E-state index in [4.69, 9.17) is 11.6 Å². The monoisotopic (exact) mass is 514 g/mol. The summed E-state index contributed by atoms with van der Waals surface area (Å²) in [5, 5.41) is 6.55. The highest BCUT2D eigenvalue weighted by atomic mass is 35.5. The highest BCUT2D eigenvalue weighted by Gasteiger charge is 2.12. The van der Waals surface area contributed by atoms with Crippen molar-refractivity contribution in [1.29, 1.82) is 0 Å². The molecule has 0 saturated heterocycles. The number of imidazole rings is 1. The molecular weight excluding hydrogens is 488 g/mol. The molecule has 2 heterocycles. The molecule has 4 N–H and O–H groups in total. The number of aromatic amines is 1. The van der Waals surface area contributed by atoms with Crippen LogP contribution < -0.4 is 15.4 Å². The summed E-state index contributed by atoms with van der Waals surface area (Å²) < 4.78 is 25.9. The van der Waals surface area contributed by atoms with Crippen LogP contribution in [0.25, 0.3) is 11.0 Å². The number of rotatable bonds is 10. The zero-order valence-corrected chi connectivity index (χ0v) is 21.2. The van der Waals surface area contributed by atoms with E-state index in [0.29, 0.717) is 23.1 Å². The van der Waals surface area contributed by atoms with Gasteiger partial charge in [0.2, 0.25) is 16.0 Å². The molecule has 184 valence electrons. The van der Waals surface area contributed by atoms with Crippen LogP contribution in [0.3, 0.4) is 0 Å². The fourth-order valence-electron chi connectivity index (χ4n) is 3.53. The van der Waals surface area contributed by atoms with Crippen molar-refractivity contribution in [3.63, 3.8) is 0 Å². The predicted molar refractivity (Wildman–Crippen MR) is 141 cm³/mol. The SMILES string of the molecule is CCN(CC)Cc1nc2ccc(Nc3ncc(Cl)c(Nc4ccccc4NS(C)(=O)=O)n3)cc2[nH]1. The van der Waals surface area contributed by atoms with E-state index in [-0.39, 0.29) is 5.02 Å². The van der Waals surface area contributed by atoms with Crippen molar-refractivity contribution in [3.8, 4) is 0 Å². The molecule has 0 aliphatic carbocycles. The Morgan fingerprint density at radius 2 is 1.77 bits per heavy atom. The molecule has 2 aromatic heterocycles. The Morgan fingerprint density at radius 3 is 2.49 bits per heavy atom. The molecule has 0 unspecified atom stereocenters. The van der Waals surface area contributed by atoms with E-state index in [9.17, 15) is 8.42 Å². The molecular formula is C23H27ClN8O2S. The number of hydrogen-bond donors (Lipinski definition) is 4. The number of fused-ring (bicyclic) bond motifs is 1. The maximum Gasteiger partial charge on any atom is 0.229 e. The first-order valence-corrected chi connectivity index (χ1v) is 13.4. The minimum absolute atomic E-state index is 0.287. The molecule has 12 heteroatoms. The Morgan fingerprint density at radius 1 is 1.03 bits per heavy atom. The van der Waals surface area contributed by atoms with Gasteiger partial charge >= 0.3 is 0 Å². The zero-order chi connectivity index (χ0) is 25.0. The van der Waals surface area contributed by atoms with Crippen LogP contribution in [0.15, 0.2) is 48.7 Å². The van der Waals surface area contributed by atoms with Gasteiger partial charge in [-0.25, -0.2) is 18.4 Å². The maximum atomic E-state index is 11.7. The largest absolute Gasteiger partial charge is 0.341 e. The lowest BCUT2D eigenvalue weighted by atomic mass is 10.2. The highest BCUT2D eigenvalue weighted by molar-refractivity contribution is 7.92. The summed E-state index contributed by atoms with van der Waals surface area (Å²) in [4.78, 5) is 19.1. The first-order chi connectivity index (χ1) is 16.7. The summed E-state index contributed by atoms with van der Waals surface area (Å²) in [6, 6.07) is 12.7. The van der Waals surface area contributed by atoms with Crippen LogP contribution in [-0.2, 0) is 16.6 Å². The van der Waals surface area contributed by atoms with Gasteiger partial charge in [0, 0.05) is 5.69 Å². The summed E-state index contributed by atoms with van der Waals surface area (Å²) in [7, 11) is -3.46. The molecule has 0 bridgehead atoms. The molecule has 0 aliphatic heterocycles. The Labute approximate surface area is 209 Å². The number of hydrogen-bond acceptors (Lipinski definition) is 8. The molecule has 35 heavy (non-hydrogen) atoms. The molecule has 0 fully saturated rings. The molecule has 0 aliphatic rings. The number of nitrogens with one attached hydrogen (secondary N) is 4. The van der Waals surface area contributed by atoms with E-state index >= 15 is 0 Å². The predicted octanol–water partition coefficient (Wildman–Crippen LogP) is 4.71. The third kappa shape index (κ3) is 6.38. The van der Waals surface area contributed by atoms with E-state index in [0.717, 1.165) is 48.4 Å². The van der Waals surface area contributed by atoms with Gasteiger partial charge in [-0.1, -0.05) is 37.6 Å². The van der Waals surface area contributed by atoms with Gasteiger partial charge in [-0.15, -0.1) is 0 Å². The Kier molecular flexibility index (Phi) is 7.39. The topological polar surface area (TPSA) is 128 Å². The second kappa shape index (κ2) is 10.5. The zero-order valence-electron chi connectivity index (χ0n) is 19.6. The summed E-state index contributed by atoms with van der Waals surface area (Å²) in [5.41, 5.74) is 3.45. The normalized spacial score (nSPS) is 11.7. The standard InChI is InChI=1S/C23H27ClN8O2S/c1-4-32(5-2)14-21-27-18-11-10-15(12-20(18)28-21)26-23-25-13-16(24)22(30-23)29-17-8-6-7-9-19(17)31-35(3,33)34/h6-13,31H,4-5,14H2,1-3H3,(H,27,28)(H2,25,26,29,30). The Bertz CT molecular complexity index is 1440. The van der Waals surface area contributed by atoms with E-state index in [1.165, 1.54) is 6.20 Å². The van der Waals surface area contributed by atoms with Crippen LogP contribution in [0, 0.1) is 0 Å². The summed E-state index contributed by atoms with van der Waals surface area (Å²) in [6.45, 7) is 6.93. The van der Waals surface area contributed by atoms with Gasteiger partial charge in [-0.3, -0.25) is 9.62 Å². The van der Waals surface area contributed by atoms with E-state index < -0.39 is 10.0 Å². The van der Waals surface area contributed by atoms with Crippen LogP contribution >= 0.6 is 11.6 Å². The summed E-state index contributed by atoms with van der Waals surface area (Å²) in [6.07, 6.45) is 2.56. The van der Waals surface area contributed by atoms with Crippen molar-refractivity contribution in [3.05, 3.63) is 59.5 Å². The number of nitrogens with zero attached hydrogens (tertiary/aromatic N) is 4. The van der Waals surface area contributed by atoms with Crippen molar-refractivity contribution in [2.45, 2.75) is 20.4 Å². The quantitative estimate of drug-likeness (QED) is 0.239. The molecule has 10 nitrogen and oxygen atoms in total. The van der Waals surface area contributed by atoms with Crippen molar-refractivity contribution >= 4 is 61.5 Å². The summed E-state index contributed by atoms with van der Waals surface area (Å²) in [5.74, 6) is 1.57. The number of anilines is 5. The van der Waals surface area contributed by atoms with Gasteiger partial charge in [-0.05, 0) is 43.4 Å². The molecule has 0 saturated carbocycles. The van der Waals surface area contributed by atoms with Gasteiger partial charge in [0.1, 0.15) is 10.8 Å². The first-order valence-electron chi connectivity index (χ1n) is 11.1. The average Bonchev–Trinajstić information content (AvgIpc) is 3.21. The molecule has 4 rings (SSSR count). The minimum atomic E-state index is -3.46. The molecule has 4 aromatic rings. The smallest absolute Gasteiger partial charge is 0.229 e. The minimum Gasteiger partial charge on any atom is -0.341 e. The second-order valence-corrected chi connectivity index (χ2v) is 10.1. The third-order valence-corrected chi connectivity index (χ3v) is 6.14. The average molecular weight is 515 g/mol. The molecule has 0 amide bonds. The maximum absolute atomic E-state index is 11.7. The van der Waals surface area contributed by atoms with Gasteiger partial charge < -0.3 is 15.6 Å². The molecule has 0 atom stereocenters. The number of benzene rings is 2. The number of aromatic nitrogens is 4. The third-order valence-electron chi connectivity index (χ3n) is 5.27. The molecule has 0 spiro atoms. The molecule has 2 aromatic carbocycles. The van der Waals surface area contributed by atoms with Gasteiger partial charge in [0.05, 0.1) is 41.4 Å². The Hall–Kier alpha value is -3.41. The lowest BCUT2D eigenvalue weighted by Gasteiger charge is -2.15. The van der Waals surface area contributed by atoms with Crippen molar-refractivity contribution in [2.75, 3.05) is 34.7 Å². The fourth-order valence-corrected chi connectivity index (χ4v) is 4.24. The fraction of sp³-hybridized carbons (Fsp3) is 0.261. The van der Waals surface area contributed by atoms with Crippen molar-refractivity contribution < 1.29 is 8.42 Å². The van der Waals surface area contributed by atoms with E-state index in [1.54, 1.807) is 24.3 Å².